The minimum absolute atomic E-state index is 0. The van der Waals surface area contributed by atoms with E-state index in [2.05, 4.69) is 5.32 Å². The van der Waals surface area contributed by atoms with E-state index in [0.29, 0.717) is 0 Å². The SMILES string of the molecule is O=C([O-])CNCCN(CC(=O)[O-])CC(O)O.[Na+].[Na+]. The van der Waals surface area contributed by atoms with Crippen LogP contribution in [0.2, 0.25) is 0 Å². The normalized spacial score (nSPS) is 9.78. The molecule has 0 spiro atoms. The van der Waals surface area contributed by atoms with Gasteiger partial charge in [0.25, 0.3) is 0 Å². The van der Waals surface area contributed by atoms with E-state index in [1.54, 1.807) is 0 Å². The fourth-order valence-electron chi connectivity index (χ4n) is 1.08. The zero-order valence-electron chi connectivity index (χ0n) is 10.6. The predicted molar refractivity (Wildman–Crippen MR) is 47.5 cm³/mol. The van der Waals surface area contributed by atoms with Crippen molar-refractivity contribution in [3.8, 4) is 0 Å². The molecule has 8 nitrogen and oxygen atoms in total. The third kappa shape index (κ3) is 16.8. The molecule has 0 unspecified atom stereocenters. The molecule has 0 rings (SSSR count). The Morgan fingerprint density at radius 3 is 2.11 bits per heavy atom. The summed E-state index contributed by atoms with van der Waals surface area (Å²) in [5.41, 5.74) is 0. The van der Waals surface area contributed by atoms with Crippen molar-refractivity contribution in [2.45, 2.75) is 6.29 Å². The van der Waals surface area contributed by atoms with E-state index in [0.717, 1.165) is 0 Å². The van der Waals surface area contributed by atoms with Gasteiger partial charge in [-0.05, 0) is 0 Å². The third-order valence-corrected chi connectivity index (χ3v) is 1.65. The number of carbonyl (C=O) groups excluding carboxylic acids is 2. The molecule has 0 saturated heterocycles. The number of carboxylic acid groups (broad SMARTS) is 2. The number of nitrogens with zero attached hydrogens (tertiary/aromatic N) is 1. The Bertz CT molecular complexity index is 242. The molecule has 0 amide bonds. The molecule has 18 heavy (non-hydrogen) atoms. The van der Waals surface area contributed by atoms with Gasteiger partial charge in [0.2, 0.25) is 0 Å². The molecule has 0 aliphatic heterocycles. The van der Waals surface area contributed by atoms with Crippen LogP contribution in [0.4, 0.5) is 0 Å². The maximum absolute atomic E-state index is 10.3. The number of hydrogen-bond acceptors (Lipinski definition) is 8. The molecule has 10 heteroatoms. The Morgan fingerprint density at radius 2 is 1.72 bits per heavy atom. The molecule has 3 N–H and O–H groups in total. The van der Waals surface area contributed by atoms with E-state index in [9.17, 15) is 19.8 Å². The zero-order valence-corrected chi connectivity index (χ0v) is 14.6. The van der Waals surface area contributed by atoms with Crippen LogP contribution in [0.3, 0.4) is 0 Å². The minimum Gasteiger partial charge on any atom is -0.549 e. The summed E-state index contributed by atoms with van der Waals surface area (Å²) in [7, 11) is 0. The van der Waals surface area contributed by atoms with Crippen molar-refractivity contribution in [3.63, 3.8) is 0 Å². The first-order valence-electron chi connectivity index (χ1n) is 4.60. The predicted octanol–water partition coefficient (Wildman–Crippen LogP) is -11.3. The van der Waals surface area contributed by atoms with E-state index in [4.69, 9.17) is 10.2 Å². The molecule has 0 radical (unpaired) electrons. The van der Waals surface area contributed by atoms with Crippen LogP contribution in [0.25, 0.3) is 0 Å². The number of aliphatic hydroxyl groups is 2. The van der Waals surface area contributed by atoms with E-state index >= 15 is 0 Å². The summed E-state index contributed by atoms with van der Waals surface area (Å²) >= 11 is 0. The number of nitrogens with one attached hydrogen (secondary N) is 1. The van der Waals surface area contributed by atoms with Gasteiger partial charge in [0.15, 0.2) is 6.29 Å². The summed E-state index contributed by atoms with van der Waals surface area (Å²) in [5.74, 6) is -2.62. The first-order valence-corrected chi connectivity index (χ1v) is 4.60. The molecule has 0 atom stereocenters. The molecule has 0 fully saturated rings. The van der Waals surface area contributed by atoms with Crippen molar-refractivity contribution in [1.82, 2.24) is 10.2 Å². The van der Waals surface area contributed by atoms with Crippen LogP contribution in [0.5, 0.6) is 0 Å². The van der Waals surface area contributed by atoms with Crippen LogP contribution in [-0.4, -0.2) is 66.1 Å². The molecule has 0 saturated carbocycles. The summed E-state index contributed by atoms with van der Waals surface area (Å²) in [5, 5.41) is 40.1. The van der Waals surface area contributed by atoms with Gasteiger partial charge in [0.05, 0.1) is 11.9 Å². The number of hydrogen-bond donors (Lipinski definition) is 3. The quantitative estimate of drug-likeness (QED) is 0.215. The van der Waals surface area contributed by atoms with Gasteiger partial charge < -0.3 is 35.3 Å². The van der Waals surface area contributed by atoms with Gasteiger partial charge in [-0.3, -0.25) is 4.90 Å². The number of aliphatic hydroxyl groups excluding tert-OH is 1. The van der Waals surface area contributed by atoms with Crippen molar-refractivity contribution in [2.24, 2.45) is 0 Å². The molecular formula is C8H14N2Na2O6. The standard InChI is InChI=1S/C8H16N2O6.2Na/c11-6(12)3-9-1-2-10(4-7(13)14)5-8(15)16;;/h7,9,13-14H,1-5H2,(H,11,12)(H,15,16);;/q;2*+1/p-2. The minimum atomic E-state index is -1.65. The van der Waals surface area contributed by atoms with Crippen molar-refractivity contribution in [2.75, 3.05) is 32.7 Å². The van der Waals surface area contributed by atoms with E-state index < -0.39 is 24.8 Å². The fourth-order valence-corrected chi connectivity index (χ4v) is 1.08. The second-order valence-corrected chi connectivity index (χ2v) is 3.14. The maximum atomic E-state index is 10.3. The summed E-state index contributed by atoms with van der Waals surface area (Å²) in [6.45, 7) is -0.709. The van der Waals surface area contributed by atoms with Crippen LogP contribution in [0.15, 0.2) is 0 Å². The van der Waals surface area contributed by atoms with Crippen molar-refractivity contribution < 1.29 is 89.1 Å². The largest absolute Gasteiger partial charge is 1.00 e. The summed E-state index contributed by atoms with van der Waals surface area (Å²) in [4.78, 5) is 21.5. The second-order valence-electron chi connectivity index (χ2n) is 3.14. The van der Waals surface area contributed by atoms with Crippen LogP contribution in [0.1, 0.15) is 0 Å². The maximum Gasteiger partial charge on any atom is 1.00 e. The van der Waals surface area contributed by atoms with Gasteiger partial charge in [0, 0.05) is 32.7 Å². The van der Waals surface area contributed by atoms with E-state index in [1.165, 1.54) is 4.90 Å². The van der Waals surface area contributed by atoms with Gasteiger partial charge in [-0.2, -0.15) is 0 Å². The monoisotopic (exact) mass is 280 g/mol. The Balaban J connectivity index is -0.00000112. The van der Waals surface area contributed by atoms with Gasteiger partial charge in [-0.15, -0.1) is 0 Å². The Morgan fingerprint density at radius 1 is 1.17 bits per heavy atom. The Labute approximate surface area is 149 Å². The molecule has 0 aromatic rings. The molecule has 0 aromatic carbocycles. The van der Waals surface area contributed by atoms with Crippen molar-refractivity contribution in [3.05, 3.63) is 0 Å². The first kappa shape index (κ1) is 23.8. The van der Waals surface area contributed by atoms with E-state index in [1.807, 2.05) is 0 Å². The smallest absolute Gasteiger partial charge is 0.549 e. The average molecular weight is 280 g/mol. The zero-order chi connectivity index (χ0) is 12.6. The molecule has 0 bridgehead atoms. The number of aliphatic carboxylic acids is 2. The number of carboxylic acids is 2. The summed E-state index contributed by atoms with van der Waals surface area (Å²) in [6, 6.07) is 0. The molecule has 0 heterocycles. The Kier molecular flexibility index (Phi) is 18.8. The van der Waals surface area contributed by atoms with Crippen LogP contribution in [0, 0.1) is 0 Å². The topological polar surface area (TPSA) is 136 Å². The summed E-state index contributed by atoms with van der Waals surface area (Å²) in [6.07, 6.45) is -1.65. The molecular weight excluding hydrogens is 266 g/mol. The van der Waals surface area contributed by atoms with Gasteiger partial charge in [-0.1, -0.05) is 0 Å². The van der Waals surface area contributed by atoms with E-state index in [-0.39, 0.29) is 85.3 Å². The van der Waals surface area contributed by atoms with Crippen molar-refractivity contribution in [1.29, 1.82) is 0 Å². The van der Waals surface area contributed by atoms with Gasteiger partial charge in [-0.25, -0.2) is 0 Å². The van der Waals surface area contributed by atoms with Crippen LogP contribution >= 0.6 is 0 Å². The van der Waals surface area contributed by atoms with Crippen molar-refractivity contribution >= 4 is 11.9 Å². The first-order chi connectivity index (χ1) is 7.41. The fraction of sp³-hybridized carbons (Fsp3) is 0.750. The second kappa shape index (κ2) is 14.2. The number of carbonyl (C=O) groups is 2. The Hall–Kier alpha value is 0.780. The molecule has 0 aliphatic rings. The molecule has 94 valence electrons. The van der Waals surface area contributed by atoms with Gasteiger partial charge >= 0.3 is 59.1 Å². The van der Waals surface area contributed by atoms with Gasteiger partial charge in [0.1, 0.15) is 0 Å². The third-order valence-electron chi connectivity index (χ3n) is 1.65. The average Bonchev–Trinajstić information content (AvgIpc) is 2.09. The number of rotatable bonds is 9. The molecule has 0 aromatic heterocycles. The summed E-state index contributed by atoms with van der Waals surface area (Å²) < 4.78 is 0. The van der Waals surface area contributed by atoms with Crippen LogP contribution < -0.4 is 74.6 Å². The molecule has 0 aliphatic carbocycles. The van der Waals surface area contributed by atoms with Crippen LogP contribution in [-0.2, 0) is 9.59 Å².